The highest BCUT2D eigenvalue weighted by Gasteiger charge is 2.36. The summed E-state index contributed by atoms with van der Waals surface area (Å²) in [5.41, 5.74) is -5.65. The van der Waals surface area contributed by atoms with Crippen LogP contribution in [0.15, 0.2) is 0 Å². The zero-order valence-electron chi connectivity index (χ0n) is 3.64. The molecule has 0 aromatic heterocycles. The summed E-state index contributed by atoms with van der Waals surface area (Å²) in [7, 11) is -6.09. The van der Waals surface area contributed by atoms with Gasteiger partial charge >= 0.3 is 22.5 Å². The first-order valence-electron chi connectivity index (χ1n) is 1.27. The van der Waals surface area contributed by atoms with E-state index in [4.69, 9.17) is 13.0 Å². The van der Waals surface area contributed by atoms with Gasteiger partial charge < -0.3 is 4.55 Å². The lowest BCUT2D eigenvalue weighted by Crippen LogP contribution is -2.21. The van der Waals surface area contributed by atoms with E-state index in [-0.39, 0.29) is 17.0 Å². The third-order valence-electron chi connectivity index (χ3n) is 0.283. The van der Waals surface area contributed by atoms with Crippen LogP contribution < -0.4 is 0 Å². The summed E-state index contributed by atoms with van der Waals surface area (Å²) >= 11 is 0. The van der Waals surface area contributed by atoms with Crippen molar-refractivity contribution in [3.8, 4) is 0 Å². The van der Waals surface area contributed by atoms with Gasteiger partial charge in [0.2, 0.25) is 0 Å². The van der Waals surface area contributed by atoms with Crippen LogP contribution >= 0.6 is 0 Å². The summed E-state index contributed by atoms with van der Waals surface area (Å²) in [5.74, 6) is 0. The Morgan fingerprint density at radius 2 is 1.33 bits per heavy atom. The standard InChI is InChI=1S/CHF3O3S.Br/c2-1(3,4)8(5,6)7;/h(H,5,6,7);/q;+1/p-1. The molecule has 9 heavy (non-hydrogen) atoms. The normalized spacial score (nSPS) is 12.4. The fraction of sp³-hybridized carbons (Fsp3) is 1.00. The first kappa shape index (κ1) is 11.9. The predicted octanol–water partition coefficient (Wildman–Crippen LogP) is 0.0514. The average Bonchev–Trinajstić information content (AvgIpc) is 1.25. The molecule has 0 aliphatic rings. The number of halogens is 4. The highest BCUT2D eigenvalue weighted by Crippen LogP contribution is 2.20. The van der Waals surface area contributed by atoms with Crippen molar-refractivity contribution in [2.75, 3.05) is 0 Å². The average molecular weight is 229 g/mol. The van der Waals surface area contributed by atoms with Gasteiger partial charge in [-0.15, -0.1) is 0 Å². The Morgan fingerprint density at radius 1 is 1.22 bits per heavy atom. The van der Waals surface area contributed by atoms with Crippen molar-refractivity contribution in [3.05, 3.63) is 0 Å². The van der Waals surface area contributed by atoms with Gasteiger partial charge in [-0.2, -0.15) is 13.2 Å². The van der Waals surface area contributed by atoms with Gasteiger partial charge in [0.05, 0.1) is 0 Å². The second-order valence-electron chi connectivity index (χ2n) is 0.900. The van der Waals surface area contributed by atoms with Gasteiger partial charge in [-0.1, -0.05) is 0 Å². The molecular formula is CBrF3O3S. The zero-order valence-corrected chi connectivity index (χ0v) is 6.05. The summed E-state index contributed by atoms with van der Waals surface area (Å²) in [6.45, 7) is 0. The molecule has 0 fully saturated rings. The molecule has 0 aromatic carbocycles. The Kier molecular flexibility index (Phi) is 3.76. The van der Waals surface area contributed by atoms with Gasteiger partial charge in [0.25, 0.3) is 0 Å². The lowest BCUT2D eigenvalue weighted by molar-refractivity contribution is -0.0517. The van der Waals surface area contributed by atoms with Crippen molar-refractivity contribution in [3.63, 3.8) is 0 Å². The molecule has 0 N–H and O–H groups in total. The number of hydrogen-bond donors (Lipinski definition) is 0. The van der Waals surface area contributed by atoms with E-state index in [2.05, 4.69) is 0 Å². The number of alkyl halides is 3. The molecule has 0 rings (SSSR count). The molecule has 0 amide bonds. The van der Waals surface area contributed by atoms with E-state index in [1.54, 1.807) is 0 Å². The molecular weight excluding hydrogens is 229 g/mol. The minimum Gasteiger partial charge on any atom is -0.741 e. The zero-order chi connectivity index (χ0) is 7.00. The van der Waals surface area contributed by atoms with Crippen molar-refractivity contribution in [1.82, 2.24) is 0 Å². The van der Waals surface area contributed by atoms with Gasteiger partial charge in [0.1, 0.15) is 0 Å². The van der Waals surface area contributed by atoms with Crippen LogP contribution in [0.3, 0.4) is 0 Å². The van der Waals surface area contributed by atoms with E-state index in [1.165, 1.54) is 0 Å². The summed E-state index contributed by atoms with van der Waals surface area (Å²) in [6, 6.07) is 0. The molecule has 8 heteroatoms. The van der Waals surface area contributed by atoms with E-state index >= 15 is 0 Å². The Hall–Kier alpha value is 0.180. The van der Waals surface area contributed by atoms with Crippen LogP contribution in [0.2, 0.25) is 0 Å². The predicted molar refractivity (Wildman–Crippen MR) is 15.8 cm³/mol. The van der Waals surface area contributed by atoms with Crippen molar-refractivity contribution in [2.45, 2.75) is 5.51 Å². The maximum Gasteiger partial charge on any atom is 1.00 e. The Morgan fingerprint density at radius 3 is 1.33 bits per heavy atom. The Bertz CT molecular complexity index is 168. The lowest BCUT2D eigenvalue weighted by atomic mass is 11.6. The summed E-state index contributed by atoms with van der Waals surface area (Å²) in [5, 5.41) is 0. The molecule has 0 aliphatic heterocycles. The molecule has 3 nitrogen and oxygen atoms in total. The SMILES string of the molecule is O=S(=O)([O-])C(F)(F)F.[Br+]. The van der Waals surface area contributed by atoms with Gasteiger partial charge in [-0.05, 0) is 0 Å². The van der Waals surface area contributed by atoms with E-state index in [0.29, 0.717) is 0 Å². The first-order valence-corrected chi connectivity index (χ1v) is 2.68. The topological polar surface area (TPSA) is 57.2 Å². The highest BCUT2D eigenvalue weighted by molar-refractivity contribution is 7.86. The molecule has 0 aromatic rings. The van der Waals surface area contributed by atoms with E-state index in [9.17, 15) is 13.2 Å². The van der Waals surface area contributed by atoms with Crippen LogP contribution in [0.25, 0.3) is 0 Å². The fourth-order valence-electron chi connectivity index (χ4n) is 0. The quantitative estimate of drug-likeness (QED) is 0.435. The second-order valence-corrected chi connectivity index (χ2v) is 2.27. The fourth-order valence-corrected chi connectivity index (χ4v) is 0. The molecule has 0 atom stereocenters. The summed E-state index contributed by atoms with van der Waals surface area (Å²) < 4.78 is 58.9. The van der Waals surface area contributed by atoms with Crippen LogP contribution in [0, 0.1) is 17.0 Å². The second kappa shape index (κ2) is 2.84. The van der Waals surface area contributed by atoms with E-state index in [0.717, 1.165) is 0 Å². The first-order chi connectivity index (χ1) is 3.25. The van der Waals surface area contributed by atoms with Crippen LogP contribution in [-0.2, 0) is 10.1 Å². The van der Waals surface area contributed by atoms with E-state index < -0.39 is 15.6 Å². The van der Waals surface area contributed by atoms with Crippen molar-refractivity contribution in [2.24, 2.45) is 0 Å². The summed E-state index contributed by atoms with van der Waals surface area (Å²) in [6.07, 6.45) is 0. The van der Waals surface area contributed by atoms with Gasteiger partial charge in [-0.3, -0.25) is 0 Å². The van der Waals surface area contributed by atoms with Crippen LogP contribution in [0.5, 0.6) is 0 Å². The largest absolute Gasteiger partial charge is 1.00 e. The smallest absolute Gasteiger partial charge is 0.741 e. The maximum absolute atomic E-state index is 10.7. The molecule has 0 bridgehead atoms. The third-order valence-corrected chi connectivity index (χ3v) is 0.850. The molecule has 0 saturated heterocycles. The molecule has 0 unspecified atom stereocenters. The summed E-state index contributed by atoms with van der Waals surface area (Å²) in [4.78, 5) is 0. The van der Waals surface area contributed by atoms with Crippen LogP contribution in [0.1, 0.15) is 0 Å². The third kappa shape index (κ3) is 3.71. The maximum atomic E-state index is 10.7. The van der Waals surface area contributed by atoms with Gasteiger partial charge in [0.15, 0.2) is 10.1 Å². The van der Waals surface area contributed by atoms with Crippen molar-refractivity contribution < 1.29 is 43.1 Å². The van der Waals surface area contributed by atoms with Gasteiger partial charge in [0, 0.05) is 0 Å². The number of rotatable bonds is 0. The minimum atomic E-state index is -6.09. The molecule has 56 valence electrons. The van der Waals surface area contributed by atoms with Crippen LogP contribution in [-0.4, -0.2) is 18.5 Å². The van der Waals surface area contributed by atoms with Crippen molar-refractivity contribution in [1.29, 1.82) is 0 Å². The minimum absolute atomic E-state index is 0. The Balaban J connectivity index is 0. The lowest BCUT2D eigenvalue weighted by Gasteiger charge is -2.08. The van der Waals surface area contributed by atoms with Gasteiger partial charge in [-0.25, -0.2) is 8.42 Å². The number of hydrogen-bond acceptors (Lipinski definition) is 3. The Labute approximate surface area is 59.4 Å². The molecule has 0 saturated carbocycles. The monoisotopic (exact) mass is 228 g/mol. The van der Waals surface area contributed by atoms with Crippen LogP contribution in [0.4, 0.5) is 13.2 Å². The van der Waals surface area contributed by atoms with Crippen molar-refractivity contribution >= 4 is 10.1 Å². The highest BCUT2D eigenvalue weighted by atomic mass is 79.9. The molecule has 2 radical (unpaired) electrons. The molecule has 0 aliphatic carbocycles. The molecule has 0 heterocycles. The van der Waals surface area contributed by atoms with E-state index in [1.807, 2.05) is 0 Å². The molecule has 0 spiro atoms.